The minimum Gasteiger partial charge on any atom is -0.398 e. The Bertz CT molecular complexity index is 679. The molecule has 0 amide bonds. The van der Waals surface area contributed by atoms with Crippen LogP contribution < -0.4 is 10.5 Å². The van der Waals surface area contributed by atoms with Gasteiger partial charge in [0.15, 0.2) is 0 Å². The fraction of sp³-hybridized carbons (Fsp3) is 0.200. The molecular formula is C10H12N4O2S2. The summed E-state index contributed by atoms with van der Waals surface area (Å²) in [5, 5.41) is 0.245. The molecule has 0 saturated heterocycles. The Kier molecular flexibility index (Phi) is 3.22. The SMILES string of the molecule is Cc1nsc(NS(=O)(=O)c2cccc(N)c2C)n1. The van der Waals surface area contributed by atoms with E-state index in [2.05, 4.69) is 14.1 Å². The number of benzene rings is 1. The first kappa shape index (κ1) is 12.8. The molecule has 96 valence electrons. The molecule has 1 heterocycles. The average molecular weight is 284 g/mol. The van der Waals surface area contributed by atoms with Crippen LogP contribution in [-0.2, 0) is 10.0 Å². The molecular weight excluding hydrogens is 272 g/mol. The van der Waals surface area contributed by atoms with Crippen LogP contribution in [0.2, 0.25) is 0 Å². The van der Waals surface area contributed by atoms with Gasteiger partial charge in [0.1, 0.15) is 5.82 Å². The van der Waals surface area contributed by atoms with E-state index in [4.69, 9.17) is 5.73 Å². The fourth-order valence-corrected chi connectivity index (χ4v) is 3.51. The van der Waals surface area contributed by atoms with E-state index in [0.717, 1.165) is 11.5 Å². The van der Waals surface area contributed by atoms with E-state index in [0.29, 0.717) is 17.1 Å². The summed E-state index contributed by atoms with van der Waals surface area (Å²) in [6, 6.07) is 4.76. The van der Waals surface area contributed by atoms with Crippen LogP contribution >= 0.6 is 11.5 Å². The number of aryl methyl sites for hydroxylation is 1. The van der Waals surface area contributed by atoms with Crippen molar-refractivity contribution in [1.82, 2.24) is 9.36 Å². The van der Waals surface area contributed by atoms with Crippen molar-refractivity contribution in [3.63, 3.8) is 0 Å². The second kappa shape index (κ2) is 4.54. The normalized spacial score (nSPS) is 11.4. The van der Waals surface area contributed by atoms with Gasteiger partial charge in [0.25, 0.3) is 10.0 Å². The third-order valence-electron chi connectivity index (χ3n) is 2.36. The molecule has 0 aliphatic rings. The van der Waals surface area contributed by atoms with Gasteiger partial charge in [-0.3, -0.25) is 4.72 Å². The van der Waals surface area contributed by atoms with Gasteiger partial charge in [-0.2, -0.15) is 4.37 Å². The Labute approximate surface area is 109 Å². The number of hydrogen-bond acceptors (Lipinski definition) is 6. The number of sulfonamides is 1. The second-order valence-corrected chi connectivity index (χ2v) is 6.13. The van der Waals surface area contributed by atoms with E-state index in [-0.39, 0.29) is 10.0 Å². The standard InChI is InChI=1S/C10H12N4O2S2/c1-6-8(11)4-3-5-9(6)18(15,16)14-10-12-7(2)13-17-10/h3-5H,11H2,1-2H3,(H,12,13,14). The number of aromatic nitrogens is 2. The maximum absolute atomic E-state index is 12.2. The molecule has 0 fully saturated rings. The zero-order valence-electron chi connectivity index (χ0n) is 9.84. The monoisotopic (exact) mass is 284 g/mol. The van der Waals surface area contributed by atoms with Gasteiger partial charge in [-0.15, -0.1) is 0 Å². The fourth-order valence-electron chi connectivity index (χ4n) is 1.43. The Morgan fingerprint density at radius 1 is 1.33 bits per heavy atom. The summed E-state index contributed by atoms with van der Waals surface area (Å²) in [6.45, 7) is 3.36. The first-order chi connectivity index (χ1) is 8.40. The van der Waals surface area contributed by atoms with E-state index >= 15 is 0 Å². The van der Waals surface area contributed by atoms with Crippen molar-refractivity contribution in [1.29, 1.82) is 0 Å². The summed E-state index contributed by atoms with van der Waals surface area (Å²) in [6.07, 6.45) is 0. The van der Waals surface area contributed by atoms with E-state index in [1.54, 1.807) is 26.0 Å². The van der Waals surface area contributed by atoms with Gasteiger partial charge in [0, 0.05) is 17.2 Å². The third kappa shape index (κ3) is 2.44. The highest BCUT2D eigenvalue weighted by atomic mass is 32.2. The lowest BCUT2D eigenvalue weighted by Gasteiger charge is -2.09. The third-order valence-corrected chi connectivity index (χ3v) is 4.70. The van der Waals surface area contributed by atoms with Gasteiger partial charge in [-0.05, 0) is 31.5 Å². The molecule has 0 radical (unpaired) electrons. The van der Waals surface area contributed by atoms with E-state index in [9.17, 15) is 8.42 Å². The first-order valence-corrected chi connectivity index (χ1v) is 7.34. The summed E-state index contributed by atoms with van der Waals surface area (Å²) in [4.78, 5) is 4.11. The number of nitrogens with two attached hydrogens (primary N) is 1. The van der Waals surface area contributed by atoms with Gasteiger partial charge in [-0.25, -0.2) is 13.4 Å². The number of nitrogens with one attached hydrogen (secondary N) is 1. The second-order valence-electron chi connectivity index (χ2n) is 3.72. The molecule has 3 N–H and O–H groups in total. The highest BCUT2D eigenvalue weighted by Gasteiger charge is 2.19. The quantitative estimate of drug-likeness (QED) is 0.833. The minimum absolute atomic E-state index is 0.148. The predicted molar refractivity (Wildman–Crippen MR) is 71.0 cm³/mol. The van der Waals surface area contributed by atoms with E-state index < -0.39 is 10.0 Å². The minimum atomic E-state index is -3.68. The summed E-state index contributed by atoms with van der Waals surface area (Å²) < 4.78 is 30.6. The molecule has 2 aromatic rings. The van der Waals surface area contributed by atoms with Crippen molar-refractivity contribution in [2.45, 2.75) is 18.7 Å². The van der Waals surface area contributed by atoms with Gasteiger partial charge < -0.3 is 5.73 Å². The van der Waals surface area contributed by atoms with E-state index in [1.165, 1.54) is 6.07 Å². The molecule has 2 rings (SSSR count). The van der Waals surface area contributed by atoms with Crippen molar-refractivity contribution in [3.05, 3.63) is 29.6 Å². The average Bonchev–Trinajstić information content (AvgIpc) is 2.67. The zero-order valence-corrected chi connectivity index (χ0v) is 11.5. The van der Waals surface area contributed by atoms with Crippen LogP contribution in [0.25, 0.3) is 0 Å². The van der Waals surface area contributed by atoms with Gasteiger partial charge in [-0.1, -0.05) is 6.07 Å². The predicted octanol–water partition coefficient (Wildman–Crippen LogP) is 1.54. The molecule has 0 aliphatic carbocycles. The highest BCUT2D eigenvalue weighted by molar-refractivity contribution is 7.93. The van der Waals surface area contributed by atoms with Gasteiger partial charge in [0.05, 0.1) is 4.90 Å². The molecule has 6 nitrogen and oxygen atoms in total. The van der Waals surface area contributed by atoms with E-state index in [1.807, 2.05) is 0 Å². The Hall–Kier alpha value is -1.67. The van der Waals surface area contributed by atoms with Crippen LogP contribution in [0.5, 0.6) is 0 Å². The van der Waals surface area contributed by atoms with Crippen molar-refractivity contribution >= 4 is 32.4 Å². The topological polar surface area (TPSA) is 98.0 Å². The van der Waals surface area contributed by atoms with Crippen LogP contribution in [0.15, 0.2) is 23.1 Å². The Morgan fingerprint density at radius 2 is 2.06 bits per heavy atom. The summed E-state index contributed by atoms with van der Waals surface area (Å²) in [7, 11) is -3.68. The molecule has 18 heavy (non-hydrogen) atoms. The number of rotatable bonds is 3. The summed E-state index contributed by atoms with van der Waals surface area (Å²) in [5.41, 5.74) is 6.65. The summed E-state index contributed by atoms with van der Waals surface area (Å²) in [5.74, 6) is 0.530. The van der Waals surface area contributed by atoms with Crippen LogP contribution in [0, 0.1) is 13.8 Å². The molecule has 0 aliphatic heterocycles. The first-order valence-electron chi connectivity index (χ1n) is 5.08. The molecule has 0 saturated carbocycles. The number of hydrogen-bond donors (Lipinski definition) is 2. The van der Waals surface area contributed by atoms with Gasteiger partial charge >= 0.3 is 0 Å². The van der Waals surface area contributed by atoms with Crippen molar-refractivity contribution in [2.75, 3.05) is 10.5 Å². The summed E-state index contributed by atoms with van der Waals surface area (Å²) >= 11 is 0.998. The lowest BCUT2D eigenvalue weighted by Crippen LogP contribution is -2.14. The molecule has 0 unspecified atom stereocenters. The zero-order chi connectivity index (χ0) is 13.3. The molecule has 1 aromatic carbocycles. The molecule has 0 bridgehead atoms. The van der Waals surface area contributed by atoms with Crippen LogP contribution in [0.1, 0.15) is 11.4 Å². The maximum Gasteiger partial charge on any atom is 0.264 e. The maximum atomic E-state index is 12.2. The van der Waals surface area contributed by atoms with Crippen molar-refractivity contribution < 1.29 is 8.42 Å². The molecule has 1 aromatic heterocycles. The molecule has 8 heteroatoms. The lowest BCUT2D eigenvalue weighted by molar-refractivity contribution is 0.600. The number of nitrogen functional groups attached to an aromatic ring is 1. The van der Waals surface area contributed by atoms with Crippen molar-refractivity contribution in [3.8, 4) is 0 Å². The lowest BCUT2D eigenvalue weighted by atomic mass is 10.2. The number of nitrogens with zero attached hydrogens (tertiary/aromatic N) is 2. The number of anilines is 2. The molecule has 0 atom stereocenters. The smallest absolute Gasteiger partial charge is 0.264 e. The highest BCUT2D eigenvalue weighted by Crippen LogP contribution is 2.23. The van der Waals surface area contributed by atoms with Crippen LogP contribution in [-0.4, -0.2) is 17.8 Å². The Morgan fingerprint density at radius 3 is 2.67 bits per heavy atom. The van der Waals surface area contributed by atoms with Crippen LogP contribution in [0.3, 0.4) is 0 Å². The van der Waals surface area contributed by atoms with Crippen LogP contribution in [0.4, 0.5) is 10.8 Å². The largest absolute Gasteiger partial charge is 0.398 e. The Balaban J connectivity index is 2.40. The molecule has 0 spiro atoms. The van der Waals surface area contributed by atoms with Crippen molar-refractivity contribution in [2.24, 2.45) is 0 Å². The van der Waals surface area contributed by atoms with Gasteiger partial charge in [0.2, 0.25) is 5.13 Å².